The first-order valence-corrected chi connectivity index (χ1v) is 7.66. The molecule has 1 amide bonds. The smallest absolute Gasteiger partial charge is 0.229 e. The molecule has 0 fully saturated rings. The van der Waals surface area contributed by atoms with Crippen molar-refractivity contribution in [3.63, 3.8) is 0 Å². The first-order chi connectivity index (χ1) is 9.60. The van der Waals surface area contributed by atoms with Gasteiger partial charge in [0.25, 0.3) is 0 Å². The zero-order valence-electron chi connectivity index (χ0n) is 10.6. The molecule has 0 aliphatic heterocycles. The Morgan fingerprint density at radius 3 is 2.90 bits per heavy atom. The maximum atomic E-state index is 11.1. The van der Waals surface area contributed by atoms with Gasteiger partial charge in [-0.2, -0.15) is 0 Å². The molecular weight excluding hydrogens is 319 g/mol. The highest BCUT2D eigenvalue weighted by Crippen LogP contribution is 2.24. The zero-order chi connectivity index (χ0) is 14.5. The van der Waals surface area contributed by atoms with E-state index in [9.17, 15) is 4.79 Å². The zero-order valence-corrected chi connectivity index (χ0v) is 13.0. The highest BCUT2D eigenvalue weighted by atomic mass is 35.5. The second-order valence-corrected chi connectivity index (χ2v) is 5.72. The molecule has 0 saturated carbocycles. The van der Waals surface area contributed by atoms with Gasteiger partial charge in [0.15, 0.2) is 0 Å². The monoisotopic (exact) mass is 330 g/mol. The van der Waals surface area contributed by atoms with Crippen LogP contribution in [-0.4, -0.2) is 33.7 Å². The average molecular weight is 331 g/mol. The van der Waals surface area contributed by atoms with E-state index in [4.69, 9.17) is 23.2 Å². The summed E-state index contributed by atoms with van der Waals surface area (Å²) in [4.78, 5) is 11.1. The Bertz CT molecular complexity index is 617. The fourth-order valence-corrected chi connectivity index (χ4v) is 2.50. The summed E-state index contributed by atoms with van der Waals surface area (Å²) in [5.74, 6) is 1.01. The van der Waals surface area contributed by atoms with E-state index in [-0.39, 0.29) is 5.91 Å². The lowest BCUT2D eigenvalue weighted by Gasteiger charge is -2.01. The van der Waals surface area contributed by atoms with Crippen molar-refractivity contribution < 1.29 is 4.79 Å². The van der Waals surface area contributed by atoms with Crippen LogP contribution in [0, 0.1) is 0 Å². The van der Waals surface area contributed by atoms with Crippen molar-refractivity contribution in [3.8, 4) is 5.69 Å². The lowest BCUT2D eigenvalue weighted by Crippen LogP contribution is -2.19. The number of hydrogen-bond donors (Lipinski definition) is 1. The third-order valence-electron chi connectivity index (χ3n) is 2.47. The molecule has 0 aliphatic rings. The van der Waals surface area contributed by atoms with Crippen LogP contribution in [0.1, 0.15) is 5.69 Å². The third kappa shape index (κ3) is 3.88. The number of nitrogens with zero attached hydrogens (tertiary/aromatic N) is 3. The Morgan fingerprint density at radius 1 is 1.40 bits per heavy atom. The standard InChI is InChI=1S/C12H12Cl2N4OS/c1-15-12(19)7-20-6-8-5-18(17-16-8)9-2-3-10(13)11(14)4-9/h2-5H,6-7H2,1H3,(H,15,19). The van der Waals surface area contributed by atoms with E-state index < -0.39 is 0 Å². The normalized spacial score (nSPS) is 10.6. The molecule has 0 atom stereocenters. The second-order valence-electron chi connectivity index (χ2n) is 3.92. The fourth-order valence-electron chi connectivity index (χ4n) is 1.44. The van der Waals surface area contributed by atoms with E-state index in [1.54, 1.807) is 30.1 Å². The van der Waals surface area contributed by atoms with Crippen LogP contribution in [-0.2, 0) is 10.5 Å². The van der Waals surface area contributed by atoms with Crippen LogP contribution in [0.2, 0.25) is 10.0 Å². The molecule has 20 heavy (non-hydrogen) atoms. The highest BCUT2D eigenvalue weighted by molar-refractivity contribution is 7.99. The molecule has 0 spiro atoms. The molecule has 106 valence electrons. The molecule has 1 aromatic carbocycles. The molecule has 0 aliphatic carbocycles. The van der Waals surface area contributed by atoms with Gasteiger partial charge in [0.05, 0.1) is 33.4 Å². The number of hydrogen-bond acceptors (Lipinski definition) is 4. The van der Waals surface area contributed by atoms with E-state index in [0.717, 1.165) is 11.4 Å². The summed E-state index contributed by atoms with van der Waals surface area (Å²) in [7, 11) is 1.61. The first kappa shape index (κ1) is 15.2. The Morgan fingerprint density at radius 2 is 2.20 bits per heavy atom. The summed E-state index contributed by atoms with van der Waals surface area (Å²) in [6.07, 6.45) is 1.80. The average Bonchev–Trinajstić information content (AvgIpc) is 2.90. The van der Waals surface area contributed by atoms with Crippen LogP contribution in [0.25, 0.3) is 5.69 Å². The molecule has 0 bridgehead atoms. The van der Waals surface area contributed by atoms with Gasteiger partial charge >= 0.3 is 0 Å². The van der Waals surface area contributed by atoms with Crippen molar-refractivity contribution >= 4 is 40.9 Å². The van der Waals surface area contributed by atoms with Crippen LogP contribution in [0.15, 0.2) is 24.4 Å². The summed E-state index contributed by atoms with van der Waals surface area (Å²) in [6.45, 7) is 0. The fraction of sp³-hybridized carbons (Fsp3) is 0.250. The minimum absolute atomic E-state index is 0.00752. The lowest BCUT2D eigenvalue weighted by molar-refractivity contribution is -0.118. The number of halogens is 2. The minimum Gasteiger partial charge on any atom is -0.358 e. The van der Waals surface area contributed by atoms with Crippen LogP contribution in [0.3, 0.4) is 0 Å². The molecule has 5 nitrogen and oxygen atoms in total. The van der Waals surface area contributed by atoms with Crippen molar-refractivity contribution in [3.05, 3.63) is 40.1 Å². The highest BCUT2D eigenvalue weighted by Gasteiger charge is 2.06. The van der Waals surface area contributed by atoms with Gasteiger partial charge in [-0.15, -0.1) is 16.9 Å². The third-order valence-corrected chi connectivity index (χ3v) is 4.18. The summed E-state index contributed by atoms with van der Waals surface area (Å²) in [6, 6.07) is 5.24. The number of rotatable bonds is 5. The molecule has 1 N–H and O–H groups in total. The van der Waals surface area contributed by atoms with Gasteiger partial charge in [0, 0.05) is 12.8 Å². The predicted molar refractivity (Wildman–Crippen MR) is 81.6 cm³/mol. The summed E-state index contributed by atoms with van der Waals surface area (Å²) >= 11 is 13.3. The van der Waals surface area contributed by atoms with Gasteiger partial charge in [0.2, 0.25) is 5.91 Å². The van der Waals surface area contributed by atoms with Crippen molar-refractivity contribution in [2.75, 3.05) is 12.8 Å². The van der Waals surface area contributed by atoms with Crippen LogP contribution >= 0.6 is 35.0 Å². The molecule has 2 rings (SSSR count). The van der Waals surface area contributed by atoms with E-state index >= 15 is 0 Å². The van der Waals surface area contributed by atoms with Crippen LogP contribution in [0.5, 0.6) is 0 Å². The number of carbonyl (C=O) groups is 1. The van der Waals surface area contributed by atoms with E-state index in [2.05, 4.69) is 15.6 Å². The molecule has 8 heteroatoms. The van der Waals surface area contributed by atoms with E-state index in [1.807, 2.05) is 6.07 Å². The van der Waals surface area contributed by atoms with Crippen molar-refractivity contribution in [1.82, 2.24) is 20.3 Å². The Balaban J connectivity index is 2.01. The van der Waals surface area contributed by atoms with Crippen molar-refractivity contribution in [2.45, 2.75) is 5.75 Å². The second kappa shape index (κ2) is 6.97. The van der Waals surface area contributed by atoms with E-state index in [1.165, 1.54) is 11.8 Å². The maximum absolute atomic E-state index is 11.1. The van der Waals surface area contributed by atoms with Gasteiger partial charge in [-0.05, 0) is 18.2 Å². The van der Waals surface area contributed by atoms with Gasteiger partial charge in [-0.1, -0.05) is 28.4 Å². The first-order valence-electron chi connectivity index (χ1n) is 5.75. The molecular formula is C12H12Cl2N4OS. The van der Waals surface area contributed by atoms with Crippen molar-refractivity contribution in [1.29, 1.82) is 0 Å². The summed E-state index contributed by atoms with van der Waals surface area (Å²) in [5, 5.41) is 11.6. The topological polar surface area (TPSA) is 59.8 Å². The van der Waals surface area contributed by atoms with Crippen molar-refractivity contribution in [2.24, 2.45) is 0 Å². The molecule has 0 unspecified atom stereocenters. The summed E-state index contributed by atoms with van der Waals surface area (Å²) in [5.41, 5.74) is 1.58. The number of benzene rings is 1. The molecule has 0 saturated heterocycles. The number of carbonyl (C=O) groups excluding carboxylic acids is 1. The van der Waals surface area contributed by atoms with Crippen LogP contribution in [0.4, 0.5) is 0 Å². The van der Waals surface area contributed by atoms with Crippen LogP contribution < -0.4 is 5.32 Å². The Hall–Kier alpha value is -1.24. The summed E-state index contributed by atoms with van der Waals surface area (Å²) < 4.78 is 1.62. The van der Waals surface area contributed by atoms with E-state index in [0.29, 0.717) is 21.6 Å². The molecule has 1 heterocycles. The largest absolute Gasteiger partial charge is 0.358 e. The molecule has 2 aromatic rings. The maximum Gasteiger partial charge on any atom is 0.229 e. The SMILES string of the molecule is CNC(=O)CSCc1cn(-c2ccc(Cl)c(Cl)c2)nn1. The number of thioether (sulfide) groups is 1. The minimum atomic E-state index is -0.00752. The predicted octanol–water partition coefficient (Wildman–Crippen LogP) is 2.55. The van der Waals surface area contributed by atoms with Gasteiger partial charge in [-0.3, -0.25) is 4.79 Å². The van der Waals surface area contributed by atoms with Gasteiger partial charge in [0.1, 0.15) is 0 Å². The number of amides is 1. The van der Waals surface area contributed by atoms with Gasteiger partial charge < -0.3 is 5.32 Å². The number of aromatic nitrogens is 3. The quantitative estimate of drug-likeness (QED) is 0.915. The Labute approximate surface area is 130 Å². The molecule has 0 radical (unpaired) electrons. The number of nitrogens with one attached hydrogen (secondary N) is 1. The molecule has 1 aromatic heterocycles. The Kier molecular flexibility index (Phi) is 5.28. The van der Waals surface area contributed by atoms with Gasteiger partial charge in [-0.25, -0.2) is 4.68 Å². The lowest BCUT2D eigenvalue weighted by atomic mass is 10.3.